The van der Waals surface area contributed by atoms with E-state index >= 15 is 0 Å². The molecule has 0 bridgehead atoms. The highest BCUT2D eigenvalue weighted by molar-refractivity contribution is 4.81. The first-order valence-electron chi connectivity index (χ1n) is 4.89. The van der Waals surface area contributed by atoms with E-state index in [1.807, 2.05) is 0 Å². The third-order valence-corrected chi connectivity index (χ3v) is 3.05. The van der Waals surface area contributed by atoms with Gasteiger partial charge in [0.2, 0.25) is 0 Å². The van der Waals surface area contributed by atoms with Crippen LogP contribution in [0.25, 0.3) is 0 Å². The molecule has 0 N–H and O–H groups in total. The fourth-order valence-electron chi connectivity index (χ4n) is 2.03. The third-order valence-electron chi connectivity index (χ3n) is 3.05. The van der Waals surface area contributed by atoms with Gasteiger partial charge in [0.1, 0.15) is 0 Å². The van der Waals surface area contributed by atoms with Crippen LogP contribution in [0.1, 0.15) is 34.1 Å². The van der Waals surface area contributed by atoms with Crippen LogP contribution in [-0.2, 0) is 0 Å². The maximum Gasteiger partial charge on any atom is 0.00388 e. The van der Waals surface area contributed by atoms with Crippen molar-refractivity contribution in [1.29, 1.82) is 0 Å². The number of nitrogens with zero attached hydrogens (tertiary/aromatic N) is 1. The summed E-state index contributed by atoms with van der Waals surface area (Å²) in [6, 6.07) is 0.744. The average Bonchev–Trinajstić information content (AvgIpc) is 2.31. The van der Waals surface area contributed by atoms with Gasteiger partial charge in [-0.1, -0.05) is 20.3 Å². The molecule has 1 heteroatoms. The topological polar surface area (TPSA) is 3.24 Å². The third kappa shape index (κ3) is 1.96. The van der Waals surface area contributed by atoms with E-state index < -0.39 is 0 Å². The van der Waals surface area contributed by atoms with E-state index in [0.717, 1.165) is 17.9 Å². The van der Waals surface area contributed by atoms with Crippen LogP contribution in [0.2, 0.25) is 0 Å². The largest absolute Gasteiger partial charge is 0.300 e. The van der Waals surface area contributed by atoms with Crippen LogP contribution < -0.4 is 0 Å². The van der Waals surface area contributed by atoms with Crippen LogP contribution in [0.5, 0.6) is 0 Å². The van der Waals surface area contributed by atoms with Crippen molar-refractivity contribution in [3.63, 3.8) is 0 Å². The summed E-state index contributed by atoms with van der Waals surface area (Å²) in [6.45, 7) is 11.9. The highest BCUT2D eigenvalue weighted by atomic mass is 15.2. The molecule has 1 rings (SSSR count). The lowest BCUT2D eigenvalue weighted by atomic mass is 9.96. The highest BCUT2D eigenvalue weighted by Crippen LogP contribution is 2.26. The molecule has 1 unspecified atom stereocenters. The van der Waals surface area contributed by atoms with Crippen LogP contribution >= 0.6 is 0 Å². The zero-order valence-electron chi connectivity index (χ0n) is 8.30. The van der Waals surface area contributed by atoms with E-state index in [0.29, 0.717) is 0 Å². The maximum absolute atomic E-state index is 2.60. The molecular weight excluding hydrogens is 134 g/mol. The van der Waals surface area contributed by atoms with Crippen LogP contribution in [0.15, 0.2) is 0 Å². The summed E-state index contributed by atoms with van der Waals surface area (Å²) in [4.78, 5) is 2.60. The molecular formula is C10H21N. The van der Waals surface area contributed by atoms with E-state index in [-0.39, 0.29) is 0 Å². The Hall–Kier alpha value is -0.0400. The van der Waals surface area contributed by atoms with Crippen LogP contribution in [-0.4, -0.2) is 24.0 Å². The van der Waals surface area contributed by atoms with Gasteiger partial charge in [-0.25, -0.2) is 0 Å². The summed E-state index contributed by atoms with van der Waals surface area (Å²) in [5.74, 6) is 1.87. The smallest absolute Gasteiger partial charge is 0.00388 e. The molecule has 0 radical (unpaired) electrons. The van der Waals surface area contributed by atoms with Gasteiger partial charge in [-0.3, -0.25) is 0 Å². The highest BCUT2D eigenvalue weighted by Gasteiger charge is 2.28. The van der Waals surface area contributed by atoms with Crippen molar-refractivity contribution in [2.75, 3.05) is 13.1 Å². The van der Waals surface area contributed by atoms with Gasteiger partial charge in [-0.2, -0.15) is 0 Å². The molecule has 1 aliphatic rings. The Kier molecular flexibility index (Phi) is 2.94. The van der Waals surface area contributed by atoms with Crippen molar-refractivity contribution >= 4 is 0 Å². The van der Waals surface area contributed by atoms with Gasteiger partial charge in [0, 0.05) is 19.1 Å². The number of hydrogen-bond donors (Lipinski definition) is 0. The van der Waals surface area contributed by atoms with E-state index in [2.05, 4.69) is 32.6 Å². The molecule has 0 aromatic heterocycles. The predicted molar refractivity (Wildman–Crippen MR) is 49.7 cm³/mol. The fourth-order valence-corrected chi connectivity index (χ4v) is 2.03. The molecule has 0 saturated carbocycles. The fraction of sp³-hybridized carbons (Fsp3) is 1.00. The Labute approximate surface area is 70.8 Å². The van der Waals surface area contributed by atoms with E-state index in [1.165, 1.54) is 19.5 Å². The minimum Gasteiger partial charge on any atom is -0.300 e. The van der Waals surface area contributed by atoms with Crippen molar-refractivity contribution in [1.82, 2.24) is 4.90 Å². The van der Waals surface area contributed by atoms with Gasteiger partial charge in [0.05, 0.1) is 0 Å². The molecule has 1 aliphatic heterocycles. The van der Waals surface area contributed by atoms with Crippen molar-refractivity contribution < 1.29 is 0 Å². The van der Waals surface area contributed by atoms with Gasteiger partial charge < -0.3 is 4.90 Å². The number of likely N-dealkylation sites (tertiary alicyclic amines) is 1. The Morgan fingerprint density at radius 2 is 2.00 bits per heavy atom. The van der Waals surface area contributed by atoms with E-state index in [1.54, 1.807) is 0 Å². The zero-order valence-corrected chi connectivity index (χ0v) is 8.30. The van der Waals surface area contributed by atoms with Gasteiger partial charge in [-0.15, -0.1) is 0 Å². The summed E-state index contributed by atoms with van der Waals surface area (Å²) in [6.07, 6.45) is 1.35. The minimum absolute atomic E-state index is 0.744. The quantitative estimate of drug-likeness (QED) is 0.592. The molecule has 0 aliphatic carbocycles. The Bertz CT molecular complexity index is 120. The molecule has 1 fully saturated rings. The molecule has 0 spiro atoms. The number of rotatable bonds is 2. The lowest BCUT2D eigenvalue weighted by molar-refractivity contribution is 0.262. The molecule has 1 nitrogen and oxygen atoms in total. The molecule has 0 aromatic rings. The molecule has 0 amide bonds. The Morgan fingerprint density at radius 1 is 1.36 bits per heavy atom. The molecule has 2 atom stereocenters. The van der Waals surface area contributed by atoms with Gasteiger partial charge in [-0.05, 0) is 25.7 Å². The molecule has 1 saturated heterocycles. The monoisotopic (exact) mass is 155 g/mol. The summed E-state index contributed by atoms with van der Waals surface area (Å²) >= 11 is 0. The lowest BCUT2D eigenvalue weighted by Crippen LogP contribution is -2.28. The first-order valence-corrected chi connectivity index (χ1v) is 4.89. The van der Waals surface area contributed by atoms with Crippen LogP contribution in [0.3, 0.4) is 0 Å². The molecule has 0 aromatic carbocycles. The summed E-state index contributed by atoms with van der Waals surface area (Å²) in [5, 5.41) is 0. The normalized spacial score (nSPS) is 33.5. The minimum atomic E-state index is 0.744. The number of hydrogen-bond acceptors (Lipinski definition) is 1. The van der Waals surface area contributed by atoms with Crippen molar-refractivity contribution in [3.8, 4) is 0 Å². The predicted octanol–water partition coefficient (Wildman–Crippen LogP) is 2.37. The molecule has 1 heterocycles. The second kappa shape index (κ2) is 3.57. The van der Waals surface area contributed by atoms with E-state index in [9.17, 15) is 0 Å². The Balaban J connectivity index is 2.43. The first kappa shape index (κ1) is 9.05. The lowest BCUT2D eigenvalue weighted by Gasteiger charge is -2.19. The summed E-state index contributed by atoms with van der Waals surface area (Å²) in [5.41, 5.74) is 0. The SMILES string of the molecule is CC[C@@H]1CN(C(C)C)CC1C. The van der Waals surface area contributed by atoms with Crippen molar-refractivity contribution in [3.05, 3.63) is 0 Å². The Morgan fingerprint density at radius 3 is 2.27 bits per heavy atom. The first-order chi connectivity index (χ1) is 5.15. The van der Waals surface area contributed by atoms with Crippen LogP contribution in [0, 0.1) is 11.8 Å². The maximum atomic E-state index is 2.60. The second-order valence-electron chi connectivity index (χ2n) is 4.19. The molecule has 66 valence electrons. The van der Waals surface area contributed by atoms with Gasteiger partial charge in [0.25, 0.3) is 0 Å². The van der Waals surface area contributed by atoms with Crippen LogP contribution in [0.4, 0.5) is 0 Å². The molecule has 11 heavy (non-hydrogen) atoms. The van der Waals surface area contributed by atoms with Crippen molar-refractivity contribution in [2.24, 2.45) is 11.8 Å². The summed E-state index contributed by atoms with van der Waals surface area (Å²) in [7, 11) is 0. The average molecular weight is 155 g/mol. The summed E-state index contributed by atoms with van der Waals surface area (Å²) < 4.78 is 0. The van der Waals surface area contributed by atoms with Gasteiger partial charge >= 0.3 is 0 Å². The standard InChI is InChI=1S/C10H21N/c1-5-10-7-11(8(2)3)6-9(10)4/h8-10H,5-7H2,1-4H3/t9?,10-/m1/s1. The second-order valence-corrected chi connectivity index (χ2v) is 4.19. The van der Waals surface area contributed by atoms with Gasteiger partial charge in [0.15, 0.2) is 0 Å². The van der Waals surface area contributed by atoms with Crippen molar-refractivity contribution in [2.45, 2.75) is 40.2 Å². The zero-order chi connectivity index (χ0) is 8.43. The van der Waals surface area contributed by atoms with E-state index in [4.69, 9.17) is 0 Å².